The van der Waals surface area contributed by atoms with E-state index in [0.717, 1.165) is 31.5 Å². The molecule has 3 heteroatoms. The van der Waals surface area contributed by atoms with E-state index in [-0.39, 0.29) is 17.4 Å². The molecule has 3 nitrogen and oxygen atoms in total. The summed E-state index contributed by atoms with van der Waals surface area (Å²) in [4.78, 5) is 14.4. The molecule has 1 aromatic carbocycles. The van der Waals surface area contributed by atoms with Gasteiger partial charge < -0.3 is 10.6 Å². The third-order valence-electron chi connectivity index (χ3n) is 3.95. The van der Waals surface area contributed by atoms with E-state index in [0.29, 0.717) is 0 Å². The van der Waals surface area contributed by atoms with Crippen LogP contribution in [0.5, 0.6) is 0 Å². The molecule has 20 heavy (non-hydrogen) atoms. The van der Waals surface area contributed by atoms with Crippen molar-refractivity contribution in [1.82, 2.24) is 0 Å². The number of carbonyl (C=O) groups excluding carboxylic acids is 1. The van der Waals surface area contributed by atoms with E-state index in [1.165, 1.54) is 11.1 Å². The maximum absolute atomic E-state index is 12.4. The molecule has 1 heterocycles. The smallest absolute Gasteiger partial charge is 0.232 e. The lowest BCUT2D eigenvalue weighted by molar-refractivity contribution is -0.125. The predicted octanol–water partition coefficient (Wildman–Crippen LogP) is 2.90. The van der Waals surface area contributed by atoms with Gasteiger partial charge >= 0.3 is 0 Å². The lowest BCUT2D eigenvalue weighted by Gasteiger charge is -2.26. The fourth-order valence-corrected chi connectivity index (χ4v) is 2.64. The largest absolute Gasteiger partial charge is 0.327 e. The van der Waals surface area contributed by atoms with Crippen LogP contribution in [0.15, 0.2) is 18.2 Å². The van der Waals surface area contributed by atoms with E-state index < -0.39 is 0 Å². The summed E-state index contributed by atoms with van der Waals surface area (Å²) in [7, 11) is 0. The van der Waals surface area contributed by atoms with Crippen LogP contribution in [-0.4, -0.2) is 18.5 Å². The van der Waals surface area contributed by atoms with Crippen LogP contribution in [0.3, 0.4) is 0 Å². The maximum atomic E-state index is 12.4. The molecule has 0 aliphatic carbocycles. The van der Waals surface area contributed by atoms with Gasteiger partial charge in [0.1, 0.15) is 0 Å². The second-order valence-corrected chi connectivity index (χ2v) is 6.79. The van der Waals surface area contributed by atoms with Crippen LogP contribution in [-0.2, 0) is 17.6 Å². The highest BCUT2D eigenvalue weighted by Gasteiger charge is 2.32. The van der Waals surface area contributed by atoms with Crippen molar-refractivity contribution >= 4 is 11.6 Å². The van der Waals surface area contributed by atoms with E-state index in [4.69, 9.17) is 5.73 Å². The predicted molar refractivity (Wildman–Crippen MR) is 83.9 cm³/mol. The molecule has 1 aromatic rings. The van der Waals surface area contributed by atoms with Crippen molar-refractivity contribution < 1.29 is 4.79 Å². The summed E-state index contributed by atoms with van der Waals surface area (Å²) in [6, 6.07) is 6.65. The van der Waals surface area contributed by atoms with Gasteiger partial charge in [0.15, 0.2) is 0 Å². The molecule has 0 bridgehead atoms. The Morgan fingerprint density at radius 3 is 2.70 bits per heavy atom. The van der Waals surface area contributed by atoms with Crippen LogP contribution in [0.4, 0.5) is 5.69 Å². The molecule has 2 N–H and O–H groups in total. The molecule has 0 spiro atoms. The zero-order chi connectivity index (χ0) is 14.9. The van der Waals surface area contributed by atoms with Crippen LogP contribution in [0.1, 0.15) is 45.2 Å². The van der Waals surface area contributed by atoms with Gasteiger partial charge in [-0.2, -0.15) is 0 Å². The molecule has 0 fully saturated rings. The molecule has 1 aliphatic heterocycles. The van der Waals surface area contributed by atoms with Gasteiger partial charge in [-0.1, -0.05) is 39.8 Å². The van der Waals surface area contributed by atoms with Crippen LogP contribution < -0.4 is 10.6 Å². The van der Waals surface area contributed by atoms with Crippen molar-refractivity contribution in [3.8, 4) is 0 Å². The Morgan fingerprint density at radius 2 is 2.10 bits per heavy atom. The standard InChI is InChI=1S/C17H26N2O/c1-5-14(18)11-12-6-7-15-13(10-12)8-9-19(15)16(20)17(2,3)4/h6-7,10,14H,5,8-9,11,18H2,1-4H3. The molecular formula is C17H26N2O. The average molecular weight is 274 g/mol. The average Bonchev–Trinajstić information content (AvgIpc) is 2.79. The molecule has 0 saturated heterocycles. The summed E-state index contributed by atoms with van der Waals surface area (Å²) in [5.41, 5.74) is 9.33. The number of rotatable bonds is 3. The van der Waals surface area contributed by atoms with E-state index in [1.807, 2.05) is 25.7 Å². The van der Waals surface area contributed by atoms with Crippen LogP contribution in [0.2, 0.25) is 0 Å². The van der Waals surface area contributed by atoms with Gasteiger partial charge in [0.2, 0.25) is 5.91 Å². The minimum atomic E-state index is -0.329. The molecule has 1 aliphatic rings. The van der Waals surface area contributed by atoms with Crippen LogP contribution in [0, 0.1) is 5.41 Å². The van der Waals surface area contributed by atoms with E-state index in [1.54, 1.807) is 0 Å². The molecule has 1 atom stereocenters. The summed E-state index contributed by atoms with van der Waals surface area (Å²) in [5, 5.41) is 0. The second kappa shape index (κ2) is 5.57. The summed E-state index contributed by atoms with van der Waals surface area (Å²) in [6.45, 7) is 8.84. The number of carbonyl (C=O) groups is 1. The van der Waals surface area contributed by atoms with Gasteiger partial charge in [-0.25, -0.2) is 0 Å². The van der Waals surface area contributed by atoms with Gasteiger partial charge in [-0.05, 0) is 36.5 Å². The third-order valence-corrected chi connectivity index (χ3v) is 3.95. The minimum absolute atomic E-state index is 0.203. The summed E-state index contributed by atoms with van der Waals surface area (Å²) in [5.74, 6) is 0.203. The van der Waals surface area contributed by atoms with Crippen molar-refractivity contribution in [2.24, 2.45) is 11.1 Å². The topological polar surface area (TPSA) is 46.3 Å². The lowest BCUT2D eigenvalue weighted by atomic mass is 9.94. The first-order valence-corrected chi connectivity index (χ1v) is 7.52. The van der Waals surface area contributed by atoms with Crippen molar-refractivity contribution in [3.63, 3.8) is 0 Å². The highest BCUT2D eigenvalue weighted by atomic mass is 16.2. The molecule has 0 saturated carbocycles. The number of hydrogen-bond acceptors (Lipinski definition) is 2. The Morgan fingerprint density at radius 1 is 1.40 bits per heavy atom. The fourth-order valence-electron chi connectivity index (χ4n) is 2.64. The number of fused-ring (bicyclic) bond motifs is 1. The van der Waals surface area contributed by atoms with Gasteiger partial charge in [0, 0.05) is 23.7 Å². The monoisotopic (exact) mass is 274 g/mol. The lowest BCUT2D eigenvalue weighted by Crippen LogP contribution is -2.38. The highest BCUT2D eigenvalue weighted by Crippen LogP contribution is 2.32. The number of nitrogens with zero attached hydrogens (tertiary/aromatic N) is 1. The summed E-state index contributed by atoms with van der Waals surface area (Å²) in [6.07, 6.45) is 2.86. The quantitative estimate of drug-likeness (QED) is 0.921. The summed E-state index contributed by atoms with van der Waals surface area (Å²) < 4.78 is 0. The SMILES string of the molecule is CCC(N)Cc1ccc2c(c1)CCN2C(=O)C(C)(C)C. The Bertz CT molecular complexity index is 502. The minimum Gasteiger partial charge on any atom is -0.327 e. The Kier molecular flexibility index (Phi) is 4.19. The molecule has 0 radical (unpaired) electrons. The van der Waals surface area contributed by atoms with E-state index >= 15 is 0 Å². The van der Waals surface area contributed by atoms with Crippen molar-refractivity contribution in [2.75, 3.05) is 11.4 Å². The normalized spacial score (nSPS) is 16.1. The molecule has 0 aromatic heterocycles. The van der Waals surface area contributed by atoms with Crippen molar-refractivity contribution in [1.29, 1.82) is 0 Å². The second-order valence-electron chi connectivity index (χ2n) is 6.79. The first-order chi connectivity index (χ1) is 9.32. The number of amides is 1. The van der Waals surface area contributed by atoms with Crippen molar-refractivity contribution in [2.45, 2.75) is 53.0 Å². The number of hydrogen-bond donors (Lipinski definition) is 1. The molecule has 2 rings (SSSR count). The zero-order valence-corrected chi connectivity index (χ0v) is 13.1. The zero-order valence-electron chi connectivity index (χ0n) is 13.1. The number of anilines is 1. The highest BCUT2D eigenvalue weighted by molar-refractivity contribution is 5.98. The Hall–Kier alpha value is -1.35. The van der Waals surface area contributed by atoms with Gasteiger partial charge in [-0.15, -0.1) is 0 Å². The first kappa shape index (κ1) is 15.0. The molecule has 1 unspecified atom stereocenters. The number of benzene rings is 1. The molecule has 1 amide bonds. The summed E-state index contributed by atoms with van der Waals surface area (Å²) >= 11 is 0. The van der Waals surface area contributed by atoms with Crippen LogP contribution in [0.25, 0.3) is 0 Å². The Balaban J connectivity index is 2.20. The maximum Gasteiger partial charge on any atom is 0.232 e. The van der Waals surface area contributed by atoms with Crippen LogP contribution >= 0.6 is 0 Å². The van der Waals surface area contributed by atoms with E-state index in [2.05, 4.69) is 25.1 Å². The van der Waals surface area contributed by atoms with Gasteiger partial charge in [0.25, 0.3) is 0 Å². The molecular weight excluding hydrogens is 248 g/mol. The van der Waals surface area contributed by atoms with Crippen molar-refractivity contribution in [3.05, 3.63) is 29.3 Å². The fraction of sp³-hybridized carbons (Fsp3) is 0.588. The molecule has 110 valence electrons. The van der Waals surface area contributed by atoms with Gasteiger partial charge in [0.05, 0.1) is 0 Å². The first-order valence-electron chi connectivity index (χ1n) is 7.52. The third kappa shape index (κ3) is 3.04. The number of nitrogens with two attached hydrogens (primary N) is 1. The Labute approximate surface area is 122 Å². The van der Waals surface area contributed by atoms with E-state index in [9.17, 15) is 4.79 Å². The van der Waals surface area contributed by atoms with Gasteiger partial charge in [-0.3, -0.25) is 4.79 Å².